The molecule has 0 spiro atoms. The summed E-state index contributed by atoms with van der Waals surface area (Å²) in [4.78, 5) is 4.12. The predicted octanol–water partition coefficient (Wildman–Crippen LogP) is 3.34. The summed E-state index contributed by atoms with van der Waals surface area (Å²) in [6, 6.07) is 6.30. The van der Waals surface area contributed by atoms with Crippen molar-refractivity contribution >= 4 is 28.2 Å². The minimum atomic E-state index is -0.384. The molecule has 0 aliphatic rings. The monoisotopic (exact) mass is 279 g/mol. The van der Waals surface area contributed by atoms with Gasteiger partial charge in [0.15, 0.2) is 5.13 Å². The summed E-state index contributed by atoms with van der Waals surface area (Å²) >= 11 is 2.97. The number of hydrogen-bond donors (Lipinski definition) is 1. The van der Waals surface area contributed by atoms with Gasteiger partial charge in [0, 0.05) is 5.75 Å². The van der Waals surface area contributed by atoms with Gasteiger partial charge in [0.25, 0.3) is 0 Å². The van der Waals surface area contributed by atoms with Crippen molar-refractivity contribution in [3.8, 4) is 6.07 Å². The molecule has 0 aliphatic carbocycles. The molecule has 0 bridgehead atoms. The molecule has 0 fully saturated rings. The highest BCUT2D eigenvalue weighted by Crippen LogP contribution is 2.32. The Morgan fingerprint density at radius 3 is 2.89 bits per heavy atom. The molecule has 2 N–H and O–H groups in total. The third kappa shape index (κ3) is 3.00. The average molecular weight is 279 g/mol. The first kappa shape index (κ1) is 12.9. The number of halogens is 1. The van der Waals surface area contributed by atoms with Gasteiger partial charge in [-0.05, 0) is 30.7 Å². The first-order valence-electron chi connectivity index (χ1n) is 5.14. The normalized spacial score (nSPS) is 10.3. The van der Waals surface area contributed by atoms with Crippen molar-refractivity contribution in [3.05, 3.63) is 40.8 Å². The largest absolute Gasteiger partial charge is 0.375 e. The van der Waals surface area contributed by atoms with Crippen LogP contribution in [0.25, 0.3) is 0 Å². The first-order chi connectivity index (χ1) is 8.58. The molecule has 0 aliphatic heterocycles. The molecule has 0 radical (unpaired) electrons. The van der Waals surface area contributed by atoms with Gasteiger partial charge in [-0.3, -0.25) is 0 Å². The fourth-order valence-corrected chi connectivity index (χ4v) is 3.44. The number of aromatic nitrogens is 1. The minimum absolute atomic E-state index is 0.339. The Kier molecular flexibility index (Phi) is 3.84. The number of thioether (sulfide) groups is 1. The summed E-state index contributed by atoms with van der Waals surface area (Å²) < 4.78 is 14.3. The molecular weight excluding hydrogens is 269 g/mol. The van der Waals surface area contributed by atoms with Crippen LogP contribution in [0, 0.1) is 24.1 Å². The van der Waals surface area contributed by atoms with Crippen molar-refractivity contribution in [1.82, 2.24) is 4.98 Å². The van der Waals surface area contributed by atoms with Crippen LogP contribution < -0.4 is 5.73 Å². The maximum atomic E-state index is 13.2. The predicted molar refractivity (Wildman–Crippen MR) is 71.9 cm³/mol. The maximum Gasteiger partial charge on any atom is 0.181 e. The second-order valence-corrected chi connectivity index (χ2v) is 5.95. The van der Waals surface area contributed by atoms with E-state index >= 15 is 0 Å². The Bertz CT molecular complexity index is 616. The lowest BCUT2D eigenvalue weighted by Crippen LogP contribution is -1.86. The number of nitriles is 1. The van der Waals surface area contributed by atoms with Gasteiger partial charge >= 0.3 is 0 Å². The van der Waals surface area contributed by atoms with Gasteiger partial charge in [0.1, 0.15) is 5.82 Å². The number of thiazole rings is 1. The quantitative estimate of drug-likeness (QED) is 0.875. The zero-order valence-electron chi connectivity index (χ0n) is 9.61. The molecule has 2 aromatic rings. The molecular formula is C12H10FN3S2. The molecule has 0 unspecified atom stereocenters. The summed E-state index contributed by atoms with van der Waals surface area (Å²) in [6.45, 7) is 1.89. The molecule has 1 aromatic carbocycles. The van der Waals surface area contributed by atoms with Crippen LogP contribution in [0.3, 0.4) is 0 Å². The summed E-state index contributed by atoms with van der Waals surface area (Å²) in [7, 11) is 0. The second kappa shape index (κ2) is 5.38. The Morgan fingerprint density at radius 1 is 1.50 bits per heavy atom. The molecule has 92 valence electrons. The molecule has 0 saturated carbocycles. The van der Waals surface area contributed by atoms with E-state index < -0.39 is 0 Å². The zero-order chi connectivity index (χ0) is 13.1. The van der Waals surface area contributed by atoms with Gasteiger partial charge in [0.2, 0.25) is 0 Å². The molecule has 2 rings (SSSR count). The van der Waals surface area contributed by atoms with Crippen LogP contribution >= 0.6 is 23.1 Å². The van der Waals surface area contributed by atoms with Crippen molar-refractivity contribution in [3.63, 3.8) is 0 Å². The van der Waals surface area contributed by atoms with Crippen LogP contribution in [0.2, 0.25) is 0 Å². The summed E-state index contributed by atoms with van der Waals surface area (Å²) in [5.41, 5.74) is 7.62. The summed E-state index contributed by atoms with van der Waals surface area (Å²) in [5.74, 6) is 0.208. The minimum Gasteiger partial charge on any atom is -0.375 e. The standard InChI is InChI=1S/C12H10FN3S2/c1-7-11(18-12(15)16-7)17-6-9-2-8(5-14)3-10(13)4-9/h2-4H,6H2,1H3,(H2,15,16). The fraction of sp³-hybridized carbons (Fsp3) is 0.167. The molecule has 0 saturated heterocycles. The first-order valence-corrected chi connectivity index (χ1v) is 6.94. The van der Waals surface area contributed by atoms with E-state index in [0.29, 0.717) is 16.4 Å². The maximum absolute atomic E-state index is 13.2. The highest BCUT2D eigenvalue weighted by molar-refractivity contribution is 8.00. The van der Waals surface area contributed by atoms with E-state index in [0.717, 1.165) is 15.5 Å². The average Bonchev–Trinajstić information content (AvgIpc) is 2.64. The number of nitrogen functional groups attached to an aromatic ring is 1. The van der Waals surface area contributed by atoms with Crippen molar-refractivity contribution in [2.24, 2.45) is 0 Å². The van der Waals surface area contributed by atoms with E-state index in [9.17, 15) is 4.39 Å². The van der Waals surface area contributed by atoms with Crippen LogP contribution in [-0.2, 0) is 5.75 Å². The molecule has 0 amide bonds. The number of nitrogens with zero attached hydrogens (tertiary/aromatic N) is 2. The molecule has 18 heavy (non-hydrogen) atoms. The molecule has 1 heterocycles. The van der Waals surface area contributed by atoms with Gasteiger partial charge in [-0.15, -0.1) is 11.8 Å². The Hall–Kier alpha value is -1.58. The van der Waals surface area contributed by atoms with E-state index in [1.54, 1.807) is 17.8 Å². The topological polar surface area (TPSA) is 62.7 Å². The number of aryl methyl sites for hydroxylation is 1. The zero-order valence-corrected chi connectivity index (χ0v) is 11.2. The summed E-state index contributed by atoms with van der Waals surface area (Å²) in [6.07, 6.45) is 0. The molecule has 6 heteroatoms. The van der Waals surface area contributed by atoms with Crippen LogP contribution in [0.5, 0.6) is 0 Å². The van der Waals surface area contributed by atoms with Crippen molar-refractivity contribution < 1.29 is 4.39 Å². The van der Waals surface area contributed by atoms with E-state index in [1.807, 2.05) is 13.0 Å². The van der Waals surface area contributed by atoms with Gasteiger partial charge in [-0.25, -0.2) is 9.37 Å². The highest BCUT2D eigenvalue weighted by Gasteiger charge is 2.07. The number of rotatable bonds is 3. The van der Waals surface area contributed by atoms with Crippen LogP contribution in [0.15, 0.2) is 22.4 Å². The number of benzene rings is 1. The van der Waals surface area contributed by atoms with Gasteiger partial charge in [-0.2, -0.15) is 5.26 Å². The number of hydrogen-bond acceptors (Lipinski definition) is 5. The lowest BCUT2D eigenvalue weighted by molar-refractivity contribution is 0.626. The van der Waals surface area contributed by atoms with Crippen molar-refractivity contribution in [1.29, 1.82) is 5.26 Å². The third-order valence-electron chi connectivity index (χ3n) is 2.23. The SMILES string of the molecule is Cc1nc(N)sc1SCc1cc(F)cc(C#N)c1. The second-order valence-electron chi connectivity index (χ2n) is 3.67. The van der Waals surface area contributed by atoms with Crippen molar-refractivity contribution in [2.45, 2.75) is 16.9 Å². The van der Waals surface area contributed by atoms with Crippen LogP contribution in [-0.4, -0.2) is 4.98 Å². The lowest BCUT2D eigenvalue weighted by Gasteiger charge is -2.01. The molecule has 3 nitrogen and oxygen atoms in total. The van der Waals surface area contributed by atoms with E-state index in [-0.39, 0.29) is 5.82 Å². The van der Waals surface area contributed by atoms with Crippen LogP contribution in [0.4, 0.5) is 9.52 Å². The van der Waals surface area contributed by atoms with Gasteiger partial charge < -0.3 is 5.73 Å². The lowest BCUT2D eigenvalue weighted by atomic mass is 10.1. The Balaban J connectivity index is 2.13. The third-order valence-corrected chi connectivity index (χ3v) is 4.65. The van der Waals surface area contributed by atoms with Gasteiger partial charge in [0.05, 0.1) is 21.5 Å². The van der Waals surface area contributed by atoms with E-state index in [2.05, 4.69) is 4.98 Å². The number of anilines is 1. The van der Waals surface area contributed by atoms with Crippen molar-refractivity contribution in [2.75, 3.05) is 5.73 Å². The van der Waals surface area contributed by atoms with Crippen LogP contribution in [0.1, 0.15) is 16.8 Å². The molecule has 1 aromatic heterocycles. The smallest absolute Gasteiger partial charge is 0.181 e. The van der Waals surface area contributed by atoms with Gasteiger partial charge in [-0.1, -0.05) is 11.3 Å². The summed E-state index contributed by atoms with van der Waals surface area (Å²) in [5, 5.41) is 9.31. The fourth-order valence-electron chi connectivity index (χ4n) is 1.48. The van der Waals surface area contributed by atoms with E-state index in [4.69, 9.17) is 11.0 Å². The molecule has 0 atom stereocenters. The Labute approximate surface area is 112 Å². The number of nitrogens with two attached hydrogens (primary N) is 1. The Morgan fingerprint density at radius 2 is 2.28 bits per heavy atom. The van der Waals surface area contributed by atoms with E-state index in [1.165, 1.54) is 23.5 Å². The highest BCUT2D eigenvalue weighted by atomic mass is 32.2.